The summed E-state index contributed by atoms with van der Waals surface area (Å²) in [6.45, 7) is 0. The van der Waals surface area contributed by atoms with Crippen molar-refractivity contribution >= 4 is 27.8 Å². The average Bonchev–Trinajstić information content (AvgIpc) is 2.28. The number of benzene rings is 2. The molecule has 0 aromatic heterocycles. The maximum atomic E-state index is 10.6. The lowest BCUT2D eigenvalue weighted by Gasteiger charge is -2.17. The molecule has 0 heterocycles. The molecule has 2 aromatic carbocycles. The van der Waals surface area contributed by atoms with Crippen molar-refractivity contribution in [3.05, 3.63) is 36.4 Å². The maximum Gasteiger partial charge on any atom is 0.147 e. The first-order chi connectivity index (χ1) is 8.09. The largest absolute Gasteiger partial charge is 0.740 e. The number of anilines is 1. The van der Waals surface area contributed by atoms with Crippen molar-refractivity contribution in [2.75, 3.05) is 19.0 Å². The summed E-state index contributed by atoms with van der Waals surface area (Å²) in [7, 11) is 3.88. The van der Waals surface area contributed by atoms with Gasteiger partial charge in [-0.1, -0.05) is 24.3 Å². The summed E-state index contributed by atoms with van der Waals surface area (Å²) in [6, 6.07) is 11.0. The Morgan fingerprint density at radius 3 is 2.33 bits per heavy atom. The third kappa shape index (κ3) is 2.79. The molecule has 0 aliphatic rings. The fraction of sp³-hybridized carbons (Fsp3) is 0.167. The Balaban J connectivity index is 0.00000162. The summed E-state index contributed by atoms with van der Waals surface area (Å²) in [4.78, 5) is 1.97. The van der Waals surface area contributed by atoms with Crippen molar-refractivity contribution in [3.8, 4) is 5.75 Å². The second-order valence-electron chi connectivity index (χ2n) is 3.81. The first-order valence-corrected chi connectivity index (χ1v) is 6.06. The standard InChI is InChI=1S/C12H13NO3S.H2O/c1-13(2)11-7-3-6-10-9(11)5-4-8-12(10)16-17(14)15;/h3-8H,1-2H3,(H,14,15);1H2/p-1. The molecule has 2 N–H and O–H groups in total. The van der Waals surface area contributed by atoms with Gasteiger partial charge in [-0.3, -0.25) is 0 Å². The van der Waals surface area contributed by atoms with Crippen LogP contribution in [0.3, 0.4) is 0 Å². The summed E-state index contributed by atoms with van der Waals surface area (Å²) in [5.74, 6) is 0.347. The van der Waals surface area contributed by atoms with E-state index < -0.39 is 11.4 Å². The Morgan fingerprint density at radius 2 is 1.72 bits per heavy atom. The van der Waals surface area contributed by atoms with Crippen molar-refractivity contribution in [2.45, 2.75) is 0 Å². The zero-order valence-corrected chi connectivity index (χ0v) is 10.9. The molecular formula is C12H14NO4S-. The molecule has 0 bridgehead atoms. The average molecular weight is 268 g/mol. The van der Waals surface area contributed by atoms with E-state index in [0.29, 0.717) is 5.75 Å². The number of hydrogen-bond donors (Lipinski definition) is 0. The molecule has 1 unspecified atom stereocenters. The van der Waals surface area contributed by atoms with Gasteiger partial charge in [0.2, 0.25) is 0 Å². The molecule has 1 atom stereocenters. The van der Waals surface area contributed by atoms with Gasteiger partial charge in [0.15, 0.2) is 0 Å². The highest BCUT2D eigenvalue weighted by Crippen LogP contribution is 2.32. The molecule has 0 radical (unpaired) electrons. The molecule has 6 heteroatoms. The minimum absolute atomic E-state index is 0. The Bertz CT molecular complexity index is 571. The van der Waals surface area contributed by atoms with Crippen LogP contribution in [-0.4, -0.2) is 28.3 Å². The highest BCUT2D eigenvalue weighted by Gasteiger charge is 2.07. The third-order valence-electron chi connectivity index (χ3n) is 2.50. The lowest BCUT2D eigenvalue weighted by atomic mass is 10.1. The first-order valence-electron chi connectivity index (χ1n) is 5.06. The molecule has 0 aliphatic heterocycles. The predicted octanol–water partition coefficient (Wildman–Crippen LogP) is 1.25. The highest BCUT2D eigenvalue weighted by atomic mass is 32.2. The van der Waals surface area contributed by atoms with Crippen LogP contribution in [0.15, 0.2) is 36.4 Å². The summed E-state index contributed by atoms with van der Waals surface area (Å²) >= 11 is -2.55. The van der Waals surface area contributed by atoms with Crippen LogP contribution < -0.4 is 9.08 Å². The Morgan fingerprint density at radius 1 is 1.11 bits per heavy atom. The lowest BCUT2D eigenvalue weighted by molar-refractivity contribution is 0.442. The van der Waals surface area contributed by atoms with Crippen LogP contribution >= 0.6 is 0 Å². The second-order valence-corrected chi connectivity index (χ2v) is 4.39. The van der Waals surface area contributed by atoms with E-state index in [1.165, 1.54) is 0 Å². The maximum absolute atomic E-state index is 10.6. The van der Waals surface area contributed by atoms with Crippen LogP contribution in [0.1, 0.15) is 0 Å². The van der Waals surface area contributed by atoms with Crippen molar-refractivity contribution < 1.29 is 18.4 Å². The quantitative estimate of drug-likeness (QED) is 0.784. The minimum Gasteiger partial charge on any atom is -0.740 e. The van der Waals surface area contributed by atoms with Gasteiger partial charge in [0.05, 0.1) is 0 Å². The summed E-state index contributed by atoms with van der Waals surface area (Å²) in [5, 5.41) is 1.74. The molecule has 0 fully saturated rings. The van der Waals surface area contributed by atoms with Crippen LogP contribution in [0.4, 0.5) is 5.69 Å². The molecule has 0 spiro atoms. The van der Waals surface area contributed by atoms with Crippen LogP contribution in [0.5, 0.6) is 5.75 Å². The summed E-state index contributed by atoms with van der Waals surface area (Å²) < 4.78 is 26.0. The van der Waals surface area contributed by atoms with Gasteiger partial charge in [-0.2, -0.15) is 0 Å². The van der Waals surface area contributed by atoms with E-state index in [-0.39, 0.29) is 5.48 Å². The van der Waals surface area contributed by atoms with Crippen LogP contribution in [0, 0.1) is 0 Å². The number of nitrogens with zero attached hydrogens (tertiary/aromatic N) is 1. The Labute approximate surface area is 108 Å². The molecule has 5 nitrogen and oxygen atoms in total. The highest BCUT2D eigenvalue weighted by molar-refractivity contribution is 7.74. The Kier molecular flexibility index (Phi) is 4.66. The SMILES string of the molecule is CN(C)c1cccc2c(OS(=O)[O-])cccc12.O. The molecule has 0 saturated carbocycles. The van der Waals surface area contributed by atoms with Gasteiger partial charge in [-0.25, -0.2) is 4.21 Å². The monoisotopic (exact) mass is 268 g/mol. The first kappa shape index (κ1) is 14.4. The van der Waals surface area contributed by atoms with E-state index >= 15 is 0 Å². The zero-order chi connectivity index (χ0) is 12.4. The van der Waals surface area contributed by atoms with Crippen molar-refractivity contribution in [1.29, 1.82) is 0 Å². The van der Waals surface area contributed by atoms with Crippen molar-refractivity contribution in [1.82, 2.24) is 0 Å². The molecule has 98 valence electrons. The minimum atomic E-state index is -2.55. The van der Waals surface area contributed by atoms with Gasteiger partial charge in [0, 0.05) is 30.6 Å². The van der Waals surface area contributed by atoms with Crippen LogP contribution in [-0.2, 0) is 11.4 Å². The van der Waals surface area contributed by atoms with E-state index in [4.69, 9.17) is 4.18 Å². The lowest BCUT2D eigenvalue weighted by Crippen LogP contribution is -2.09. The third-order valence-corrected chi connectivity index (χ3v) is 2.81. The number of rotatable bonds is 3. The number of fused-ring (bicyclic) bond motifs is 1. The van der Waals surface area contributed by atoms with Gasteiger partial charge >= 0.3 is 0 Å². The number of hydrogen-bond acceptors (Lipinski definition) is 4. The molecule has 2 aromatic rings. The second kappa shape index (κ2) is 5.81. The molecule has 0 aliphatic carbocycles. The van der Waals surface area contributed by atoms with Gasteiger partial charge in [0.25, 0.3) is 0 Å². The summed E-state index contributed by atoms with van der Waals surface area (Å²) in [6.07, 6.45) is 0. The molecule has 0 saturated heterocycles. The van der Waals surface area contributed by atoms with Gasteiger partial charge in [-0.05, 0) is 12.1 Å². The normalized spacial score (nSPS) is 11.7. The molecule has 2 rings (SSSR count). The van der Waals surface area contributed by atoms with E-state index in [2.05, 4.69) is 0 Å². The fourth-order valence-corrected chi connectivity index (χ4v) is 2.09. The van der Waals surface area contributed by atoms with Crippen molar-refractivity contribution in [2.24, 2.45) is 0 Å². The van der Waals surface area contributed by atoms with Crippen LogP contribution in [0.25, 0.3) is 10.8 Å². The Hall–Kier alpha value is -1.63. The predicted molar refractivity (Wildman–Crippen MR) is 71.4 cm³/mol. The van der Waals surface area contributed by atoms with Crippen LogP contribution in [0.2, 0.25) is 0 Å². The molecule has 0 amide bonds. The van der Waals surface area contributed by atoms with E-state index in [9.17, 15) is 8.76 Å². The molecule has 18 heavy (non-hydrogen) atoms. The van der Waals surface area contributed by atoms with Crippen molar-refractivity contribution in [3.63, 3.8) is 0 Å². The fourth-order valence-electron chi connectivity index (χ4n) is 1.80. The smallest absolute Gasteiger partial charge is 0.147 e. The van der Waals surface area contributed by atoms with E-state index in [1.54, 1.807) is 12.1 Å². The topological polar surface area (TPSA) is 84.1 Å². The summed E-state index contributed by atoms with van der Waals surface area (Å²) in [5.41, 5.74) is 1.02. The van der Waals surface area contributed by atoms with E-state index in [0.717, 1.165) is 16.5 Å². The van der Waals surface area contributed by atoms with Gasteiger partial charge < -0.3 is 19.1 Å². The van der Waals surface area contributed by atoms with Gasteiger partial charge in [-0.15, -0.1) is 0 Å². The zero-order valence-electron chi connectivity index (χ0n) is 10.0. The van der Waals surface area contributed by atoms with Gasteiger partial charge in [0.1, 0.15) is 17.1 Å². The molecular weight excluding hydrogens is 254 g/mol. The van der Waals surface area contributed by atoms with E-state index in [1.807, 2.05) is 43.3 Å².